The van der Waals surface area contributed by atoms with E-state index >= 15 is 0 Å². The predicted octanol–water partition coefficient (Wildman–Crippen LogP) is 0.919. The lowest BCUT2D eigenvalue weighted by molar-refractivity contribution is -0.153. The summed E-state index contributed by atoms with van der Waals surface area (Å²) in [7, 11) is 1.39. The van der Waals surface area contributed by atoms with Crippen LogP contribution in [0.15, 0.2) is 36.1 Å². The van der Waals surface area contributed by atoms with E-state index in [0.29, 0.717) is 5.56 Å². The molecule has 4 nitrogen and oxygen atoms in total. The number of ether oxygens (including phenoxy) is 2. The number of aliphatic hydroxyl groups is 1. The highest BCUT2D eigenvalue weighted by Gasteiger charge is 2.34. The van der Waals surface area contributed by atoms with Crippen molar-refractivity contribution in [3.63, 3.8) is 0 Å². The summed E-state index contributed by atoms with van der Waals surface area (Å²) in [5.74, 6) is -0.406. The van der Waals surface area contributed by atoms with Gasteiger partial charge in [-0.1, -0.05) is 30.3 Å². The first-order chi connectivity index (χ1) is 7.24. The van der Waals surface area contributed by atoms with Gasteiger partial charge in [0, 0.05) is 0 Å². The van der Waals surface area contributed by atoms with Crippen LogP contribution in [0.2, 0.25) is 0 Å². The highest BCUT2D eigenvalue weighted by Crippen LogP contribution is 2.29. The lowest BCUT2D eigenvalue weighted by Crippen LogP contribution is -2.10. The Morgan fingerprint density at radius 3 is 2.60 bits per heavy atom. The first kappa shape index (κ1) is 9.73. The summed E-state index contributed by atoms with van der Waals surface area (Å²) in [6, 6.07) is 8.95. The van der Waals surface area contributed by atoms with Gasteiger partial charge in [0.05, 0.1) is 7.11 Å². The summed E-state index contributed by atoms with van der Waals surface area (Å²) in [6.07, 6.45) is -1.29. The fourth-order valence-electron chi connectivity index (χ4n) is 1.51. The van der Waals surface area contributed by atoms with Gasteiger partial charge in [-0.25, -0.2) is 4.79 Å². The first-order valence-electron chi connectivity index (χ1n) is 4.46. The van der Waals surface area contributed by atoms with Crippen LogP contribution in [-0.4, -0.2) is 24.5 Å². The van der Waals surface area contributed by atoms with Crippen molar-refractivity contribution in [1.82, 2.24) is 0 Å². The van der Waals surface area contributed by atoms with Gasteiger partial charge >= 0.3 is 5.97 Å². The zero-order chi connectivity index (χ0) is 10.8. The lowest BCUT2D eigenvalue weighted by Gasteiger charge is -2.04. The Hall–Kier alpha value is -1.81. The first-order valence-corrected chi connectivity index (χ1v) is 4.46. The second-order valence-corrected chi connectivity index (χ2v) is 3.07. The molecule has 0 aromatic heterocycles. The van der Waals surface area contributed by atoms with E-state index < -0.39 is 12.3 Å². The largest absolute Gasteiger partial charge is 0.494 e. The van der Waals surface area contributed by atoms with Crippen molar-refractivity contribution in [2.45, 2.75) is 6.29 Å². The minimum absolute atomic E-state index is 0.159. The molecule has 0 radical (unpaired) electrons. The third-order valence-corrected chi connectivity index (χ3v) is 2.18. The van der Waals surface area contributed by atoms with Crippen molar-refractivity contribution in [1.29, 1.82) is 0 Å². The SMILES string of the molecule is COC1=C(c2ccccc2)C(=O)OC1O. The molecule has 1 aliphatic rings. The van der Waals surface area contributed by atoms with Gasteiger partial charge in [0.25, 0.3) is 6.29 Å². The zero-order valence-electron chi connectivity index (χ0n) is 8.14. The summed E-state index contributed by atoms with van der Waals surface area (Å²) in [4.78, 5) is 11.4. The monoisotopic (exact) mass is 206 g/mol. The van der Waals surface area contributed by atoms with Crippen molar-refractivity contribution in [2.75, 3.05) is 7.11 Å². The van der Waals surface area contributed by atoms with Crippen molar-refractivity contribution < 1.29 is 19.4 Å². The molecule has 0 bridgehead atoms. The minimum atomic E-state index is -1.29. The molecule has 1 heterocycles. The van der Waals surface area contributed by atoms with Crippen LogP contribution >= 0.6 is 0 Å². The Morgan fingerprint density at radius 2 is 2.00 bits per heavy atom. The van der Waals surface area contributed by atoms with Gasteiger partial charge in [-0.2, -0.15) is 0 Å². The Morgan fingerprint density at radius 1 is 1.33 bits per heavy atom. The normalized spacial score (nSPS) is 20.4. The second kappa shape index (κ2) is 3.74. The molecule has 0 aliphatic carbocycles. The van der Waals surface area contributed by atoms with Gasteiger partial charge in [0.1, 0.15) is 5.57 Å². The molecular formula is C11H10O4. The molecule has 15 heavy (non-hydrogen) atoms. The van der Waals surface area contributed by atoms with E-state index in [4.69, 9.17) is 4.74 Å². The number of benzene rings is 1. The van der Waals surface area contributed by atoms with Crippen LogP contribution in [-0.2, 0) is 14.3 Å². The van der Waals surface area contributed by atoms with Crippen molar-refractivity contribution in [3.05, 3.63) is 41.7 Å². The predicted molar refractivity (Wildman–Crippen MR) is 52.5 cm³/mol. The van der Waals surface area contributed by atoms with Gasteiger partial charge in [0.15, 0.2) is 5.76 Å². The number of methoxy groups -OCH3 is 1. The quantitative estimate of drug-likeness (QED) is 0.731. The molecule has 0 saturated heterocycles. The number of esters is 1. The van der Waals surface area contributed by atoms with Gasteiger partial charge in [0.2, 0.25) is 0 Å². The number of carbonyl (C=O) groups is 1. The average Bonchev–Trinajstić information content (AvgIpc) is 2.54. The lowest BCUT2D eigenvalue weighted by atomic mass is 10.1. The average molecular weight is 206 g/mol. The fraction of sp³-hybridized carbons (Fsp3) is 0.182. The molecule has 0 fully saturated rings. The van der Waals surface area contributed by atoms with Gasteiger partial charge < -0.3 is 14.6 Å². The van der Waals surface area contributed by atoms with Gasteiger partial charge in [-0.05, 0) is 5.56 Å². The van der Waals surface area contributed by atoms with E-state index in [2.05, 4.69) is 4.74 Å². The van der Waals surface area contributed by atoms with E-state index in [0.717, 1.165) is 0 Å². The zero-order valence-corrected chi connectivity index (χ0v) is 8.14. The summed E-state index contributed by atoms with van der Waals surface area (Å²) < 4.78 is 9.59. The van der Waals surface area contributed by atoms with Gasteiger partial charge in [-0.3, -0.25) is 0 Å². The van der Waals surface area contributed by atoms with E-state index in [1.807, 2.05) is 6.07 Å². The highest BCUT2D eigenvalue weighted by molar-refractivity contribution is 6.19. The third-order valence-electron chi connectivity index (χ3n) is 2.18. The number of aliphatic hydroxyl groups excluding tert-OH is 1. The molecule has 1 aliphatic heterocycles. The maximum absolute atomic E-state index is 11.4. The maximum Gasteiger partial charge on any atom is 0.345 e. The Labute approximate surface area is 86.7 Å². The van der Waals surface area contributed by atoms with E-state index in [9.17, 15) is 9.90 Å². The van der Waals surface area contributed by atoms with Crippen LogP contribution in [0.4, 0.5) is 0 Å². The van der Waals surface area contributed by atoms with Crippen LogP contribution in [0.5, 0.6) is 0 Å². The molecule has 1 aromatic carbocycles. The summed E-state index contributed by atoms with van der Waals surface area (Å²) in [5, 5.41) is 9.37. The molecule has 2 rings (SSSR count). The van der Waals surface area contributed by atoms with E-state index in [1.54, 1.807) is 24.3 Å². The summed E-state index contributed by atoms with van der Waals surface area (Å²) in [5.41, 5.74) is 0.960. The molecule has 1 N–H and O–H groups in total. The smallest absolute Gasteiger partial charge is 0.345 e. The number of hydrogen-bond donors (Lipinski definition) is 1. The molecule has 78 valence electrons. The molecule has 1 aromatic rings. The molecule has 4 heteroatoms. The standard InChI is InChI=1S/C11H10O4/c1-14-9-8(10(12)15-11(9)13)7-5-3-2-4-6-7/h2-6,11,13H,1H3. The molecular weight excluding hydrogens is 196 g/mol. The molecule has 0 amide bonds. The molecule has 1 unspecified atom stereocenters. The highest BCUT2D eigenvalue weighted by atomic mass is 16.7. The number of hydrogen-bond acceptors (Lipinski definition) is 4. The molecule has 0 saturated carbocycles. The Bertz CT molecular complexity index is 408. The van der Waals surface area contributed by atoms with Crippen LogP contribution in [0, 0.1) is 0 Å². The van der Waals surface area contributed by atoms with Crippen LogP contribution in [0.1, 0.15) is 5.56 Å². The van der Waals surface area contributed by atoms with Crippen molar-refractivity contribution in [3.8, 4) is 0 Å². The fourth-order valence-corrected chi connectivity index (χ4v) is 1.51. The number of carbonyl (C=O) groups excluding carboxylic acids is 1. The molecule has 0 spiro atoms. The number of rotatable bonds is 2. The molecule has 1 atom stereocenters. The van der Waals surface area contributed by atoms with Crippen molar-refractivity contribution in [2.24, 2.45) is 0 Å². The maximum atomic E-state index is 11.4. The van der Waals surface area contributed by atoms with E-state index in [-0.39, 0.29) is 11.3 Å². The summed E-state index contributed by atoms with van der Waals surface area (Å²) >= 11 is 0. The van der Waals surface area contributed by atoms with Crippen LogP contribution < -0.4 is 0 Å². The minimum Gasteiger partial charge on any atom is -0.494 e. The topological polar surface area (TPSA) is 55.8 Å². The Kier molecular flexibility index (Phi) is 2.43. The van der Waals surface area contributed by atoms with Crippen LogP contribution in [0.3, 0.4) is 0 Å². The third kappa shape index (κ3) is 1.59. The summed E-state index contributed by atoms with van der Waals surface area (Å²) in [6.45, 7) is 0. The van der Waals surface area contributed by atoms with Crippen molar-refractivity contribution >= 4 is 11.5 Å². The Balaban J connectivity index is 2.50. The number of cyclic esters (lactones) is 1. The second-order valence-electron chi connectivity index (χ2n) is 3.07. The van der Waals surface area contributed by atoms with Gasteiger partial charge in [-0.15, -0.1) is 0 Å². The van der Waals surface area contributed by atoms with E-state index in [1.165, 1.54) is 7.11 Å². The van der Waals surface area contributed by atoms with Crippen LogP contribution in [0.25, 0.3) is 5.57 Å².